The highest BCUT2D eigenvalue weighted by Gasteiger charge is 2.23. The van der Waals surface area contributed by atoms with Crippen molar-refractivity contribution >= 4 is 17.3 Å². The Labute approximate surface area is 141 Å². The average Bonchev–Trinajstić information content (AvgIpc) is 2.55. The summed E-state index contributed by atoms with van der Waals surface area (Å²) in [5, 5.41) is 4.12. The lowest BCUT2D eigenvalue weighted by atomic mass is 9.99. The van der Waals surface area contributed by atoms with E-state index in [-0.39, 0.29) is 18.0 Å². The zero-order valence-corrected chi connectivity index (χ0v) is 14.3. The van der Waals surface area contributed by atoms with Crippen molar-refractivity contribution < 1.29 is 4.79 Å². The molecule has 2 heterocycles. The number of carbonyl (C=O) groups is 1. The van der Waals surface area contributed by atoms with Crippen molar-refractivity contribution in [3.05, 3.63) is 51.9 Å². The number of benzene rings is 1. The molecule has 6 nitrogen and oxygen atoms in total. The van der Waals surface area contributed by atoms with Crippen molar-refractivity contribution in [3.8, 4) is 0 Å². The summed E-state index contributed by atoms with van der Waals surface area (Å²) in [4.78, 5) is 28.4. The van der Waals surface area contributed by atoms with Crippen LogP contribution < -0.4 is 15.4 Å². The van der Waals surface area contributed by atoms with Gasteiger partial charge in [0.1, 0.15) is 6.54 Å². The molecule has 0 radical (unpaired) electrons. The number of hydrogen-bond donors (Lipinski definition) is 0. The Morgan fingerprint density at radius 3 is 2.79 bits per heavy atom. The van der Waals surface area contributed by atoms with Gasteiger partial charge in [0.05, 0.1) is 11.9 Å². The Balaban J connectivity index is 1.83. The van der Waals surface area contributed by atoms with E-state index in [4.69, 9.17) is 0 Å². The first-order chi connectivity index (χ1) is 11.5. The van der Waals surface area contributed by atoms with Gasteiger partial charge >= 0.3 is 0 Å². The topological polar surface area (TPSA) is 58.4 Å². The van der Waals surface area contributed by atoms with Crippen LogP contribution >= 0.6 is 0 Å². The fourth-order valence-corrected chi connectivity index (χ4v) is 2.99. The molecule has 0 unspecified atom stereocenters. The summed E-state index contributed by atoms with van der Waals surface area (Å²) < 4.78 is 1.22. The monoisotopic (exact) mass is 326 g/mol. The van der Waals surface area contributed by atoms with Gasteiger partial charge < -0.3 is 9.80 Å². The SMILES string of the molecule is Cc1ccc2c(c1)CCCN2C(=O)Cn1ncc(N(C)C)cc1=O. The molecule has 0 N–H and O–H groups in total. The Morgan fingerprint density at radius 1 is 1.29 bits per heavy atom. The summed E-state index contributed by atoms with van der Waals surface area (Å²) in [5.41, 5.74) is 3.80. The van der Waals surface area contributed by atoms with E-state index in [1.54, 1.807) is 11.1 Å². The van der Waals surface area contributed by atoms with Crippen LogP contribution in [0.15, 0.2) is 35.3 Å². The van der Waals surface area contributed by atoms with E-state index in [0.717, 1.165) is 24.2 Å². The minimum Gasteiger partial charge on any atom is -0.376 e. The van der Waals surface area contributed by atoms with E-state index in [9.17, 15) is 9.59 Å². The Bertz CT molecular complexity index is 826. The predicted octanol–water partition coefficient (Wildman–Crippen LogP) is 1.60. The van der Waals surface area contributed by atoms with E-state index in [0.29, 0.717) is 6.54 Å². The van der Waals surface area contributed by atoms with Crippen LogP contribution in [0.1, 0.15) is 17.5 Å². The van der Waals surface area contributed by atoms with Gasteiger partial charge in [-0.1, -0.05) is 17.7 Å². The van der Waals surface area contributed by atoms with Crippen LogP contribution in [0.5, 0.6) is 0 Å². The van der Waals surface area contributed by atoms with Crippen LogP contribution in [0.4, 0.5) is 11.4 Å². The van der Waals surface area contributed by atoms with E-state index in [1.165, 1.54) is 21.9 Å². The molecule has 1 aromatic heterocycles. The molecular formula is C18H22N4O2. The molecule has 126 valence electrons. The van der Waals surface area contributed by atoms with Gasteiger partial charge in [-0.15, -0.1) is 0 Å². The standard InChI is InChI=1S/C18H22N4O2/c1-13-6-7-16-14(9-13)5-4-8-21(16)18(24)12-22-17(23)10-15(11-19-22)20(2)3/h6-7,9-11H,4-5,8,12H2,1-3H3. The number of carbonyl (C=O) groups excluding carboxylic acids is 1. The molecule has 0 aliphatic carbocycles. The number of aryl methyl sites for hydroxylation is 2. The maximum atomic E-state index is 12.7. The van der Waals surface area contributed by atoms with Crippen molar-refractivity contribution in [2.24, 2.45) is 0 Å². The summed E-state index contributed by atoms with van der Waals surface area (Å²) in [6.45, 7) is 2.69. The molecule has 3 rings (SSSR count). The second-order valence-electron chi connectivity index (χ2n) is 6.39. The van der Waals surface area contributed by atoms with Crippen LogP contribution in [0.3, 0.4) is 0 Å². The van der Waals surface area contributed by atoms with Gasteiger partial charge in [-0.05, 0) is 31.4 Å². The highest BCUT2D eigenvalue weighted by atomic mass is 16.2. The molecular weight excluding hydrogens is 304 g/mol. The minimum absolute atomic E-state index is 0.0418. The van der Waals surface area contributed by atoms with Gasteiger partial charge in [0.15, 0.2) is 0 Å². The number of nitrogens with zero attached hydrogens (tertiary/aromatic N) is 4. The molecule has 1 aliphatic heterocycles. The van der Waals surface area contributed by atoms with Crippen LogP contribution in [-0.2, 0) is 17.8 Å². The van der Waals surface area contributed by atoms with Gasteiger partial charge in [0.25, 0.3) is 5.56 Å². The van der Waals surface area contributed by atoms with E-state index in [2.05, 4.69) is 18.1 Å². The third kappa shape index (κ3) is 3.18. The third-order valence-corrected chi connectivity index (χ3v) is 4.31. The zero-order chi connectivity index (χ0) is 17.3. The molecule has 0 spiro atoms. The molecule has 0 fully saturated rings. The lowest BCUT2D eigenvalue weighted by molar-refractivity contribution is -0.119. The molecule has 0 saturated heterocycles. The predicted molar refractivity (Wildman–Crippen MR) is 94.7 cm³/mol. The number of hydrogen-bond acceptors (Lipinski definition) is 4. The first-order valence-electron chi connectivity index (χ1n) is 8.10. The molecule has 1 amide bonds. The fourth-order valence-electron chi connectivity index (χ4n) is 2.99. The van der Waals surface area contributed by atoms with Crippen LogP contribution in [0.25, 0.3) is 0 Å². The third-order valence-electron chi connectivity index (χ3n) is 4.31. The highest BCUT2D eigenvalue weighted by molar-refractivity contribution is 5.94. The van der Waals surface area contributed by atoms with Gasteiger partial charge in [-0.3, -0.25) is 9.59 Å². The summed E-state index contributed by atoms with van der Waals surface area (Å²) in [5.74, 6) is -0.105. The summed E-state index contributed by atoms with van der Waals surface area (Å²) in [7, 11) is 3.69. The summed E-state index contributed by atoms with van der Waals surface area (Å²) in [6.07, 6.45) is 3.52. The molecule has 1 aromatic carbocycles. The number of rotatable bonds is 3. The fraction of sp³-hybridized carbons (Fsp3) is 0.389. The van der Waals surface area contributed by atoms with Gasteiger partial charge in [0, 0.05) is 32.4 Å². The molecule has 0 bridgehead atoms. The quantitative estimate of drug-likeness (QED) is 0.860. The lowest BCUT2D eigenvalue weighted by Crippen LogP contribution is -2.40. The largest absolute Gasteiger partial charge is 0.376 e. The summed E-state index contributed by atoms with van der Waals surface area (Å²) >= 11 is 0. The molecule has 0 saturated carbocycles. The molecule has 1 aliphatic rings. The lowest BCUT2D eigenvalue weighted by Gasteiger charge is -2.29. The van der Waals surface area contributed by atoms with Crippen LogP contribution in [0, 0.1) is 6.92 Å². The van der Waals surface area contributed by atoms with Gasteiger partial charge in [0.2, 0.25) is 5.91 Å². The van der Waals surface area contributed by atoms with E-state index >= 15 is 0 Å². The average molecular weight is 326 g/mol. The molecule has 6 heteroatoms. The van der Waals surface area contributed by atoms with Crippen molar-refractivity contribution in [2.45, 2.75) is 26.3 Å². The van der Waals surface area contributed by atoms with Gasteiger partial charge in [-0.25, -0.2) is 4.68 Å². The first-order valence-corrected chi connectivity index (χ1v) is 8.10. The molecule has 0 atom stereocenters. The van der Waals surface area contributed by atoms with Gasteiger partial charge in [-0.2, -0.15) is 5.10 Å². The molecule has 24 heavy (non-hydrogen) atoms. The highest BCUT2D eigenvalue weighted by Crippen LogP contribution is 2.28. The van der Waals surface area contributed by atoms with Crippen molar-refractivity contribution in [2.75, 3.05) is 30.4 Å². The minimum atomic E-state index is -0.268. The second kappa shape index (κ2) is 6.47. The number of aromatic nitrogens is 2. The Hall–Kier alpha value is -2.63. The maximum Gasteiger partial charge on any atom is 0.269 e. The smallest absolute Gasteiger partial charge is 0.269 e. The van der Waals surface area contributed by atoms with Crippen LogP contribution in [-0.4, -0.2) is 36.3 Å². The normalized spacial score (nSPS) is 13.5. The first kappa shape index (κ1) is 16.2. The summed E-state index contributed by atoms with van der Waals surface area (Å²) in [6, 6.07) is 7.63. The second-order valence-corrected chi connectivity index (χ2v) is 6.39. The number of amides is 1. The molecule has 2 aromatic rings. The van der Waals surface area contributed by atoms with E-state index < -0.39 is 0 Å². The van der Waals surface area contributed by atoms with Crippen molar-refractivity contribution in [3.63, 3.8) is 0 Å². The van der Waals surface area contributed by atoms with E-state index in [1.807, 2.05) is 31.1 Å². The Kier molecular flexibility index (Phi) is 4.38. The number of fused-ring (bicyclic) bond motifs is 1. The van der Waals surface area contributed by atoms with Crippen LogP contribution in [0.2, 0.25) is 0 Å². The Morgan fingerprint density at radius 2 is 2.08 bits per heavy atom. The zero-order valence-electron chi connectivity index (χ0n) is 14.3. The maximum absolute atomic E-state index is 12.7. The number of anilines is 2. The van der Waals surface area contributed by atoms with Crippen molar-refractivity contribution in [1.29, 1.82) is 0 Å². The van der Waals surface area contributed by atoms with Crippen molar-refractivity contribution in [1.82, 2.24) is 9.78 Å².